The number of aromatic nitrogens is 1. The topological polar surface area (TPSA) is 98.0 Å². The van der Waals surface area contributed by atoms with E-state index >= 15 is 0 Å². The van der Waals surface area contributed by atoms with Crippen molar-refractivity contribution in [3.63, 3.8) is 0 Å². The van der Waals surface area contributed by atoms with E-state index in [4.69, 9.17) is 5.26 Å². The first kappa shape index (κ1) is 21.1. The molecule has 0 fully saturated rings. The van der Waals surface area contributed by atoms with Gasteiger partial charge in [0, 0.05) is 23.1 Å². The van der Waals surface area contributed by atoms with Gasteiger partial charge >= 0.3 is 5.97 Å². The van der Waals surface area contributed by atoms with Gasteiger partial charge in [0.15, 0.2) is 6.19 Å². The van der Waals surface area contributed by atoms with Crippen LogP contribution < -0.4 is 10.6 Å². The minimum Gasteiger partial charge on any atom is -0.480 e. The summed E-state index contributed by atoms with van der Waals surface area (Å²) in [5.74, 6) is -0.824. The lowest BCUT2D eigenvalue weighted by Crippen LogP contribution is -2.39. The molecule has 0 aliphatic rings. The van der Waals surface area contributed by atoms with Gasteiger partial charge < -0.3 is 10.4 Å². The van der Waals surface area contributed by atoms with Crippen LogP contribution in [-0.4, -0.2) is 29.1 Å². The molecule has 0 saturated heterocycles. The summed E-state index contributed by atoms with van der Waals surface area (Å²) in [5.41, 5.74) is 1.01. The van der Waals surface area contributed by atoms with Crippen molar-refractivity contribution >= 4 is 33.2 Å². The Hall–Kier alpha value is -1.95. The van der Waals surface area contributed by atoms with Crippen LogP contribution in [-0.2, 0) is 4.79 Å². The van der Waals surface area contributed by atoms with Crippen molar-refractivity contribution in [1.82, 2.24) is 15.6 Å². The fourth-order valence-electron chi connectivity index (χ4n) is 2.11. The van der Waals surface area contributed by atoms with Crippen LogP contribution in [0.1, 0.15) is 36.4 Å². The zero-order valence-corrected chi connectivity index (χ0v) is 16.5. The van der Waals surface area contributed by atoms with E-state index in [2.05, 4.69) is 31.5 Å². The molecule has 2 unspecified atom stereocenters. The highest BCUT2D eigenvalue weighted by Crippen LogP contribution is 2.26. The maximum absolute atomic E-state index is 11.4. The number of hydrogen-bond acceptors (Lipinski definition) is 6. The molecule has 3 N–H and O–H groups in total. The number of benzene rings is 1. The second-order valence-corrected chi connectivity index (χ2v) is 6.90. The van der Waals surface area contributed by atoms with E-state index in [1.165, 1.54) is 11.3 Å². The molecule has 0 aliphatic carbocycles. The molecule has 2 rings (SSSR count). The van der Waals surface area contributed by atoms with E-state index in [0.717, 1.165) is 21.5 Å². The molecule has 0 amide bonds. The summed E-state index contributed by atoms with van der Waals surface area (Å²) < 4.78 is 0.993. The Kier molecular flexibility index (Phi) is 9.77. The first-order valence-corrected chi connectivity index (χ1v) is 9.40. The van der Waals surface area contributed by atoms with Crippen LogP contribution in [0.15, 0.2) is 40.3 Å². The average molecular weight is 425 g/mol. The smallest absolute Gasteiger partial charge is 0.320 e. The molecule has 6 nitrogen and oxygen atoms in total. The Bertz CT molecular complexity index is 671. The fraction of sp³-hybridized carbons (Fsp3) is 0.353. The van der Waals surface area contributed by atoms with E-state index < -0.39 is 12.0 Å². The number of hydrogen-bond donors (Lipinski definition) is 3. The van der Waals surface area contributed by atoms with Crippen molar-refractivity contribution in [2.75, 3.05) is 7.05 Å². The predicted octanol–water partition coefficient (Wildman–Crippen LogP) is 3.52. The van der Waals surface area contributed by atoms with Gasteiger partial charge in [-0.05, 0) is 24.1 Å². The quantitative estimate of drug-likeness (QED) is 0.464. The molecule has 0 radical (unpaired) electrons. The minimum absolute atomic E-state index is 0.203. The third-order valence-corrected chi connectivity index (χ3v) is 4.63. The minimum atomic E-state index is -0.824. The first-order chi connectivity index (χ1) is 12.0. The van der Waals surface area contributed by atoms with Crippen LogP contribution in [0.2, 0.25) is 0 Å². The molecule has 1 heterocycles. The van der Waals surface area contributed by atoms with Gasteiger partial charge in [-0.2, -0.15) is 5.26 Å². The van der Waals surface area contributed by atoms with E-state index in [-0.39, 0.29) is 6.04 Å². The van der Waals surface area contributed by atoms with Gasteiger partial charge in [-0.1, -0.05) is 41.4 Å². The summed E-state index contributed by atoms with van der Waals surface area (Å²) in [6, 6.07) is 7.08. The number of halogens is 1. The van der Waals surface area contributed by atoms with Crippen LogP contribution in [0.5, 0.6) is 0 Å². The number of nitrogens with one attached hydrogen (secondary N) is 2. The molecule has 0 spiro atoms. The summed E-state index contributed by atoms with van der Waals surface area (Å²) in [6.45, 7) is 1.98. The van der Waals surface area contributed by atoms with Gasteiger partial charge in [0.05, 0.1) is 6.04 Å². The van der Waals surface area contributed by atoms with Crippen molar-refractivity contribution in [2.45, 2.75) is 31.8 Å². The second-order valence-electron chi connectivity index (χ2n) is 5.06. The predicted molar refractivity (Wildman–Crippen MR) is 102 cm³/mol. The molecule has 2 atom stereocenters. The lowest BCUT2D eigenvalue weighted by molar-refractivity contribution is -0.139. The van der Waals surface area contributed by atoms with Crippen LogP contribution in [0.4, 0.5) is 0 Å². The maximum Gasteiger partial charge on any atom is 0.320 e. The third-order valence-electron chi connectivity index (χ3n) is 3.26. The summed E-state index contributed by atoms with van der Waals surface area (Å²) in [7, 11) is 1.57. The molecule has 25 heavy (non-hydrogen) atoms. The Morgan fingerprint density at radius 3 is 2.52 bits per heavy atom. The number of rotatable bonds is 7. The number of thiazole rings is 1. The highest BCUT2D eigenvalue weighted by atomic mass is 79.9. The van der Waals surface area contributed by atoms with Crippen molar-refractivity contribution in [1.29, 1.82) is 5.26 Å². The van der Waals surface area contributed by atoms with E-state index in [1.54, 1.807) is 19.4 Å². The standard InChI is InChI=1S/C15H17BrN2O2S.C2H4N2/c1-2-3-12(15(19)20)18-13(14-17-8-9-21-14)10-4-6-11(16)7-5-10;1-4-2-3/h4-9,12-13,18H,2-3H2,1H3,(H,19,20);4H,1H3. The van der Waals surface area contributed by atoms with Gasteiger partial charge in [-0.3, -0.25) is 10.1 Å². The van der Waals surface area contributed by atoms with Crippen molar-refractivity contribution < 1.29 is 9.90 Å². The normalized spacial score (nSPS) is 12.2. The number of carbonyl (C=O) groups is 1. The zero-order chi connectivity index (χ0) is 18.7. The monoisotopic (exact) mass is 424 g/mol. The highest BCUT2D eigenvalue weighted by molar-refractivity contribution is 9.10. The van der Waals surface area contributed by atoms with Crippen LogP contribution in [0, 0.1) is 11.5 Å². The molecule has 0 bridgehead atoms. The summed E-state index contributed by atoms with van der Waals surface area (Å²) in [6.07, 6.45) is 4.83. The van der Waals surface area contributed by atoms with Crippen LogP contribution in [0.3, 0.4) is 0 Å². The molecule has 1 aromatic heterocycles. The lowest BCUT2D eigenvalue weighted by Gasteiger charge is -2.22. The lowest BCUT2D eigenvalue weighted by atomic mass is 10.0. The van der Waals surface area contributed by atoms with Crippen LogP contribution in [0.25, 0.3) is 0 Å². The molecule has 0 aliphatic heterocycles. The van der Waals surface area contributed by atoms with Crippen molar-refractivity contribution in [3.8, 4) is 6.19 Å². The molecule has 1 aromatic carbocycles. The number of carboxylic acid groups (broad SMARTS) is 1. The Labute approximate surface area is 160 Å². The van der Waals surface area contributed by atoms with Gasteiger partial charge in [0.1, 0.15) is 11.0 Å². The SMILES string of the molecule is CCCC(NC(c1ccc(Br)cc1)c1nccs1)C(=O)O.CNC#N. The van der Waals surface area contributed by atoms with Crippen LogP contribution >= 0.6 is 27.3 Å². The second kappa shape index (κ2) is 11.6. The number of nitrogens with zero attached hydrogens (tertiary/aromatic N) is 2. The molecular weight excluding hydrogens is 404 g/mol. The molecule has 8 heteroatoms. The highest BCUT2D eigenvalue weighted by Gasteiger charge is 2.24. The van der Waals surface area contributed by atoms with Gasteiger partial charge in [0.25, 0.3) is 0 Å². The number of aliphatic carboxylic acids is 1. The van der Waals surface area contributed by atoms with E-state index in [9.17, 15) is 9.90 Å². The molecule has 2 aromatic rings. The fourth-order valence-corrected chi connectivity index (χ4v) is 3.10. The zero-order valence-electron chi connectivity index (χ0n) is 14.1. The van der Waals surface area contributed by atoms with Gasteiger partial charge in [0.2, 0.25) is 0 Å². The summed E-state index contributed by atoms with van der Waals surface area (Å²) in [5, 5.41) is 25.1. The Morgan fingerprint density at radius 2 is 2.08 bits per heavy atom. The number of nitriles is 1. The summed E-state index contributed by atoms with van der Waals surface area (Å²) in [4.78, 5) is 15.7. The first-order valence-electron chi connectivity index (χ1n) is 7.73. The molecule has 0 saturated carbocycles. The summed E-state index contributed by atoms with van der Waals surface area (Å²) >= 11 is 4.94. The average Bonchev–Trinajstić information content (AvgIpc) is 3.14. The van der Waals surface area contributed by atoms with Gasteiger partial charge in [-0.15, -0.1) is 11.3 Å². The van der Waals surface area contributed by atoms with Crippen molar-refractivity contribution in [2.24, 2.45) is 0 Å². The molecular formula is C17H21BrN4O2S. The van der Waals surface area contributed by atoms with Gasteiger partial charge in [-0.25, -0.2) is 4.98 Å². The van der Waals surface area contributed by atoms with E-state index in [0.29, 0.717) is 6.42 Å². The Balaban J connectivity index is 0.000000705. The van der Waals surface area contributed by atoms with E-state index in [1.807, 2.05) is 36.6 Å². The maximum atomic E-state index is 11.4. The molecule has 134 valence electrons. The third kappa shape index (κ3) is 7.22. The largest absolute Gasteiger partial charge is 0.480 e. The van der Waals surface area contributed by atoms with Crippen molar-refractivity contribution in [3.05, 3.63) is 50.9 Å². The number of carboxylic acids is 1. The Morgan fingerprint density at radius 1 is 1.44 bits per heavy atom.